The number of rotatable bonds is 4. The third-order valence-electron chi connectivity index (χ3n) is 5.42. The smallest absolute Gasteiger partial charge is 0.433 e. The summed E-state index contributed by atoms with van der Waals surface area (Å²) in [6.45, 7) is 0. The van der Waals surface area contributed by atoms with Crippen molar-refractivity contribution in [3.05, 3.63) is 54.0 Å². The summed E-state index contributed by atoms with van der Waals surface area (Å²) in [4.78, 5) is 18.9. The van der Waals surface area contributed by atoms with Crippen LogP contribution < -0.4 is 0 Å². The molecular weight excluding hydrogens is 413 g/mol. The molecule has 1 unspecified atom stereocenters. The van der Waals surface area contributed by atoms with Gasteiger partial charge in [0.1, 0.15) is 5.69 Å². The highest BCUT2D eigenvalue weighted by Crippen LogP contribution is 2.37. The van der Waals surface area contributed by atoms with Crippen molar-refractivity contribution in [2.75, 3.05) is 0 Å². The van der Waals surface area contributed by atoms with Crippen LogP contribution in [0.1, 0.15) is 30.3 Å². The Morgan fingerprint density at radius 1 is 1.19 bits per heavy atom. The van der Waals surface area contributed by atoms with E-state index in [1.165, 1.54) is 6.07 Å². The van der Waals surface area contributed by atoms with Crippen molar-refractivity contribution >= 4 is 16.9 Å². The summed E-state index contributed by atoms with van der Waals surface area (Å²) < 4.78 is 45.3. The first-order valence-electron chi connectivity index (χ1n) is 9.53. The standard InChI is InChI=1S/C21H15F3N4O3/c22-21(23,24)17-6-3-13(10-25-17)20-26-19(27-31-20)12-2-1-11-7-14-4-5-15(9-18(29)30)28(14)16(11)8-12/h1-3,6-8,10,15H,4-5,9H2,(H,29,30). The van der Waals surface area contributed by atoms with Crippen molar-refractivity contribution in [3.8, 4) is 22.8 Å². The Labute approximate surface area is 173 Å². The molecular formula is C21H15F3N4O3. The molecule has 1 atom stereocenters. The molecule has 0 saturated carbocycles. The van der Waals surface area contributed by atoms with Crippen LogP contribution in [0.25, 0.3) is 33.7 Å². The highest BCUT2D eigenvalue weighted by molar-refractivity contribution is 5.86. The zero-order chi connectivity index (χ0) is 21.8. The lowest BCUT2D eigenvalue weighted by molar-refractivity contribution is -0.141. The Morgan fingerprint density at radius 2 is 2.00 bits per heavy atom. The molecule has 0 radical (unpaired) electrons. The van der Waals surface area contributed by atoms with Crippen LogP contribution in [0.5, 0.6) is 0 Å². The van der Waals surface area contributed by atoms with Crippen LogP contribution >= 0.6 is 0 Å². The van der Waals surface area contributed by atoms with Crippen LogP contribution in [-0.2, 0) is 17.4 Å². The van der Waals surface area contributed by atoms with E-state index < -0.39 is 17.8 Å². The summed E-state index contributed by atoms with van der Waals surface area (Å²) in [7, 11) is 0. The molecule has 0 spiro atoms. The number of aryl methyl sites for hydroxylation is 1. The molecule has 0 fully saturated rings. The minimum atomic E-state index is -4.52. The minimum Gasteiger partial charge on any atom is -0.481 e. The van der Waals surface area contributed by atoms with Gasteiger partial charge in [-0.15, -0.1) is 0 Å². The maximum atomic E-state index is 12.7. The molecule has 1 aliphatic heterocycles. The van der Waals surface area contributed by atoms with E-state index in [1.807, 2.05) is 22.8 Å². The topological polar surface area (TPSA) is 94.0 Å². The van der Waals surface area contributed by atoms with Crippen molar-refractivity contribution in [1.29, 1.82) is 0 Å². The number of carbonyl (C=O) groups is 1. The average molecular weight is 428 g/mol. The average Bonchev–Trinajstić information content (AvgIpc) is 3.43. The molecule has 31 heavy (non-hydrogen) atoms. The molecule has 0 aliphatic carbocycles. The second kappa shape index (κ2) is 6.93. The predicted octanol–water partition coefficient (Wildman–Crippen LogP) is 4.73. The Kier molecular flexibility index (Phi) is 4.31. The molecule has 158 valence electrons. The quantitative estimate of drug-likeness (QED) is 0.505. The Morgan fingerprint density at radius 3 is 2.71 bits per heavy atom. The van der Waals surface area contributed by atoms with E-state index in [9.17, 15) is 23.1 Å². The number of pyridine rings is 1. The SMILES string of the molecule is O=C(O)CC1CCc2cc3ccc(-c4noc(-c5ccc(C(F)(F)F)nc5)n4)cc3n21. The Hall–Kier alpha value is -3.69. The van der Waals surface area contributed by atoms with E-state index in [0.29, 0.717) is 5.56 Å². The molecule has 7 nitrogen and oxygen atoms in total. The fraction of sp³-hybridized carbons (Fsp3) is 0.238. The molecule has 0 saturated heterocycles. The largest absolute Gasteiger partial charge is 0.481 e. The second-order valence-corrected chi connectivity index (χ2v) is 7.42. The van der Waals surface area contributed by atoms with Crippen molar-refractivity contribution in [2.24, 2.45) is 0 Å². The van der Waals surface area contributed by atoms with Crippen molar-refractivity contribution < 1.29 is 27.6 Å². The van der Waals surface area contributed by atoms with E-state index in [0.717, 1.165) is 41.7 Å². The molecule has 4 aromatic rings. The first-order valence-corrected chi connectivity index (χ1v) is 9.53. The molecule has 4 heterocycles. The number of halogens is 3. The number of benzene rings is 1. The van der Waals surface area contributed by atoms with Gasteiger partial charge in [-0.05, 0) is 42.5 Å². The summed E-state index contributed by atoms with van der Waals surface area (Å²) >= 11 is 0. The molecule has 3 aromatic heterocycles. The third kappa shape index (κ3) is 3.43. The van der Waals surface area contributed by atoms with Gasteiger partial charge in [0.2, 0.25) is 5.82 Å². The van der Waals surface area contributed by atoms with Crippen LogP contribution in [0.2, 0.25) is 0 Å². The highest BCUT2D eigenvalue weighted by Gasteiger charge is 2.32. The van der Waals surface area contributed by atoms with E-state index in [1.54, 1.807) is 0 Å². The molecule has 0 amide bonds. The normalized spacial score (nSPS) is 16.0. The molecule has 5 rings (SSSR count). The van der Waals surface area contributed by atoms with Crippen molar-refractivity contribution in [2.45, 2.75) is 31.5 Å². The fourth-order valence-electron chi connectivity index (χ4n) is 4.03. The third-order valence-corrected chi connectivity index (χ3v) is 5.42. The van der Waals surface area contributed by atoms with E-state index >= 15 is 0 Å². The lowest BCUT2D eigenvalue weighted by Gasteiger charge is -2.13. The Balaban J connectivity index is 1.48. The van der Waals surface area contributed by atoms with E-state index in [4.69, 9.17) is 4.52 Å². The zero-order valence-electron chi connectivity index (χ0n) is 15.9. The summed E-state index contributed by atoms with van der Waals surface area (Å²) in [5.41, 5.74) is 1.91. The maximum Gasteiger partial charge on any atom is 0.433 e. The summed E-state index contributed by atoms with van der Waals surface area (Å²) in [6, 6.07) is 9.63. The fourth-order valence-corrected chi connectivity index (χ4v) is 4.03. The van der Waals surface area contributed by atoms with Crippen LogP contribution in [0, 0.1) is 0 Å². The molecule has 10 heteroatoms. The Bertz CT molecular complexity index is 1290. The molecule has 1 N–H and O–H groups in total. The van der Waals surface area contributed by atoms with E-state index in [2.05, 4.69) is 21.2 Å². The summed E-state index contributed by atoms with van der Waals surface area (Å²) in [5.74, 6) is -0.510. The van der Waals surface area contributed by atoms with Gasteiger partial charge in [0.15, 0.2) is 0 Å². The summed E-state index contributed by atoms with van der Waals surface area (Å²) in [6.07, 6.45) is -1.84. The lowest BCUT2D eigenvalue weighted by Crippen LogP contribution is -2.09. The van der Waals surface area contributed by atoms with Gasteiger partial charge in [-0.1, -0.05) is 17.3 Å². The molecule has 1 aliphatic rings. The van der Waals surface area contributed by atoms with Gasteiger partial charge in [-0.2, -0.15) is 18.2 Å². The lowest BCUT2D eigenvalue weighted by atomic mass is 10.1. The van der Waals surface area contributed by atoms with E-state index in [-0.39, 0.29) is 29.7 Å². The number of alkyl halides is 3. The molecule has 1 aromatic carbocycles. The first kappa shape index (κ1) is 19.3. The van der Waals surface area contributed by atoms with Crippen LogP contribution in [0.15, 0.2) is 47.1 Å². The van der Waals surface area contributed by atoms with Crippen LogP contribution in [0.4, 0.5) is 13.2 Å². The maximum absolute atomic E-state index is 12.7. The monoisotopic (exact) mass is 428 g/mol. The zero-order valence-corrected chi connectivity index (χ0v) is 15.9. The van der Waals surface area contributed by atoms with Crippen molar-refractivity contribution in [3.63, 3.8) is 0 Å². The second-order valence-electron chi connectivity index (χ2n) is 7.42. The van der Waals surface area contributed by atoms with Gasteiger partial charge in [-0.3, -0.25) is 9.78 Å². The van der Waals surface area contributed by atoms with Gasteiger partial charge in [0, 0.05) is 29.0 Å². The number of nitrogens with zero attached hydrogens (tertiary/aromatic N) is 4. The van der Waals surface area contributed by atoms with Gasteiger partial charge >= 0.3 is 12.1 Å². The number of aliphatic carboxylic acids is 1. The summed E-state index contributed by atoms with van der Waals surface area (Å²) in [5, 5.41) is 14.1. The number of carboxylic acids is 1. The number of hydrogen-bond donors (Lipinski definition) is 1. The van der Waals surface area contributed by atoms with Gasteiger partial charge in [0.05, 0.1) is 12.0 Å². The minimum absolute atomic E-state index is 0.0499. The van der Waals surface area contributed by atoms with Gasteiger partial charge < -0.3 is 14.2 Å². The van der Waals surface area contributed by atoms with Crippen LogP contribution in [-0.4, -0.2) is 30.8 Å². The predicted molar refractivity (Wildman–Crippen MR) is 103 cm³/mol. The number of fused-ring (bicyclic) bond motifs is 3. The number of hydrogen-bond acceptors (Lipinski definition) is 5. The van der Waals surface area contributed by atoms with Gasteiger partial charge in [-0.25, -0.2) is 0 Å². The first-order chi connectivity index (χ1) is 14.8. The van der Waals surface area contributed by atoms with Crippen LogP contribution in [0.3, 0.4) is 0 Å². The number of aromatic nitrogens is 4. The number of carboxylic acid groups (broad SMARTS) is 1. The molecule has 0 bridgehead atoms. The highest BCUT2D eigenvalue weighted by atomic mass is 19.4. The van der Waals surface area contributed by atoms with Crippen molar-refractivity contribution in [1.82, 2.24) is 19.7 Å². The van der Waals surface area contributed by atoms with Gasteiger partial charge in [0.25, 0.3) is 5.89 Å².